The first-order valence-corrected chi connectivity index (χ1v) is 11.6. The summed E-state index contributed by atoms with van der Waals surface area (Å²) >= 11 is 0. The fraction of sp³-hybridized carbons (Fsp3) is 0.640. The van der Waals surface area contributed by atoms with Crippen molar-refractivity contribution in [3.05, 3.63) is 29.8 Å². The molecule has 1 N–H and O–H groups in total. The topological polar surface area (TPSA) is 47.6 Å². The molecule has 0 atom stereocenters. The van der Waals surface area contributed by atoms with E-state index in [9.17, 15) is 4.79 Å². The molecule has 0 aromatic heterocycles. The summed E-state index contributed by atoms with van der Waals surface area (Å²) < 4.78 is 11.3. The highest BCUT2D eigenvalue weighted by atomic mass is 16.5. The molecule has 1 aromatic carbocycles. The van der Waals surface area contributed by atoms with E-state index in [1.165, 1.54) is 57.8 Å². The zero-order valence-electron chi connectivity index (χ0n) is 18.4. The van der Waals surface area contributed by atoms with Gasteiger partial charge in [-0.2, -0.15) is 0 Å². The molecule has 1 aromatic rings. The van der Waals surface area contributed by atoms with Gasteiger partial charge in [-0.25, -0.2) is 0 Å². The van der Waals surface area contributed by atoms with E-state index in [-0.39, 0.29) is 5.91 Å². The number of ether oxygens (including phenoxy) is 2. The lowest BCUT2D eigenvalue weighted by Crippen LogP contribution is -2.33. The molecule has 0 unspecified atom stereocenters. The number of carbonyl (C=O) groups excluding carboxylic acids is 1. The summed E-state index contributed by atoms with van der Waals surface area (Å²) in [6.45, 7) is 5.08. The van der Waals surface area contributed by atoms with Crippen molar-refractivity contribution in [2.75, 3.05) is 13.2 Å². The second kappa shape index (κ2) is 14.1. The summed E-state index contributed by atoms with van der Waals surface area (Å²) in [4.78, 5) is 12.5. The van der Waals surface area contributed by atoms with Gasteiger partial charge in [-0.3, -0.25) is 4.79 Å². The van der Waals surface area contributed by atoms with E-state index in [0.717, 1.165) is 29.9 Å². The number of hydrogen-bond acceptors (Lipinski definition) is 3. The SMILES string of the molecule is CCOc1ccc(/C=C/C(=O)NC2CCCCCCCCCCC2)cc1OCC. The minimum absolute atomic E-state index is 0.00561. The largest absolute Gasteiger partial charge is 0.490 e. The predicted octanol–water partition coefficient (Wildman–Crippen LogP) is 6.29. The van der Waals surface area contributed by atoms with Crippen LogP contribution in [0.1, 0.15) is 90.0 Å². The number of amides is 1. The van der Waals surface area contributed by atoms with Crippen LogP contribution in [0.3, 0.4) is 0 Å². The van der Waals surface area contributed by atoms with Gasteiger partial charge in [0.1, 0.15) is 0 Å². The van der Waals surface area contributed by atoms with E-state index in [0.29, 0.717) is 19.3 Å². The van der Waals surface area contributed by atoms with Crippen LogP contribution in [0, 0.1) is 0 Å². The molecule has 0 bridgehead atoms. The molecule has 0 heterocycles. The lowest BCUT2D eigenvalue weighted by atomic mass is 9.98. The summed E-state index contributed by atoms with van der Waals surface area (Å²) in [5.74, 6) is 1.45. The van der Waals surface area contributed by atoms with Gasteiger partial charge >= 0.3 is 0 Å². The Morgan fingerprint density at radius 2 is 1.45 bits per heavy atom. The number of rotatable bonds is 7. The van der Waals surface area contributed by atoms with Crippen LogP contribution in [0.2, 0.25) is 0 Å². The zero-order chi connectivity index (χ0) is 20.7. The van der Waals surface area contributed by atoms with E-state index < -0.39 is 0 Å². The molecule has 1 aliphatic rings. The summed E-state index contributed by atoms with van der Waals surface area (Å²) in [6, 6.07) is 6.08. The Labute approximate surface area is 177 Å². The lowest BCUT2D eigenvalue weighted by molar-refractivity contribution is -0.117. The molecule has 4 nitrogen and oxygen atoms in total. The standard InChI is InChI=1S/C25H39NO3/c1-3-28-23-18-16-21(20-24(23)29-4-2)17-19-25(27)26-22-14-12-10-8-6-5-7-9-11-13-15-22/h16-20,22H,3-15H2,1-2H3,(H,26,27)/b19-17+. The summed E-state index contributed by atoms with van der Waals surface area (Å²) in [6.07, 6.45) is 17.5. The fourth-order valence-electron chi connectivity index (χ4n) is 3.90. The normalized spacial score (nSPS) is 17.3. The van der Waals surface area contributed by atoms with Gasteiger partial charge in [0.2, 0.25) is 5.91 Å². The monoisotopic (exact) mass is 401 g/mol. The van der Waals surface area contributed by atoms with Gasteiger partial charge in [0.15, 0.2) is 11.5 Å². The van der Waals surface area contributed by atoms with Crippen LogP contribution in [-0.4, -0.2) is 25.2 Å². The van der Waals surface area contributed by atoms with Crippen molar-refractivity contribution in [3.63, 3.8) is 0 Å². The van der Waals surface area contributed by atoms with Gasteiger partial charge in [-0.05, 0) is 50.5 Å². The van der Waals surface area contributed by atoms with Crippen LogP contribution in [0.15, 0.2) is 24.3 Å². The molecular formula is C25H39NO3. The third-order valence-corrected chi connectivity index (χ3v) is 5.45. The smallest absolute Gasteiger partial charge is 0.244 e. The molecule has 2 rings (SSSR count). The molecule has 162 valence electrons. The summed E-state index contributed by atoms with van der Waals surface area (Å²) in [5.41, 5.74) is 0.936. The van der Waals surface area contributed by atoms with Crippen molar-refractivity contribution >= 4 is 12.0 Å². The van der Waals surface area contributed by atoms with Crippen molar-refractivity contribution < 1.29 is 14.3 Å². The van der Waals surface area contributed by atoms with Crippen molar-refractivity contribution in [1.29, 1.82) is 0 Å². The van der Waals surface area contributed by atoms with Crippen molar-refractivity contribution in [3.8, 4) is 11.5 Å². The third kappa shape index (κ3) is 9.38. The predicted molar refractivity (Wildman–Crippen MR) is 121 cm³/mol. The number of nitrogens with one attached hydrogen (secondary N) is 1. The van der Waals surface area contributed by atoms with Gasteiger partial charge < -0.3 is 14.8 Å². The molecule has 1 aliphatic carbocycles. The third-order valence-electron chi connectivity index (χ3n) is 5.45. The van der Waals surface area contributed by atoms with E-state index in [1.54, 1.807) is 6.08 Å². The van der Waals surface area contributed by atoms with Crippen LogP contribution in [0.4, 0.5) is 0 Å². The average molecular weight is 402 g/mol. The van der Waals surface area contributed by atoms with Gasteiger partial charge in [-0.1, -0.05) is 63.9 Å². The highest BCUT2D eigenvalue weighted by molar-refractivity contribution is 5.92. The average Bonchev–Trinajstić information content (AvgIpc) is 2.70. The van der Waals surface area contributed by atoms with Crippen LogP contribution < -0.4 is 14.8 Å². The van der Waals surface area contributed by atoms with E-state index in [4.69, 9.17) is 9.47 Å². The van der Waals surface area contributed by atoms with Crippen LogP contribution in [0.5, 0.6) is 11.5 Å². The number of hydrogen-bond donors (Lipinski definition) is 1. The van der Waals surface area contributed by atoms with Gasteiger partial charge in [-0.15, -0.1) is 0 Å². The molecule has 0 aliphatic heterocycles. The first kappa shape index (κ1) is 23.3. The second-order valence-corrected chi connectivity index (χ2v) is 7.87. The van der Waals surface area contributed by atoms with Crippen molar-refractivity contribution in [2.45, 2.75) is 90.5 Å². The summed E-state index contributed by atoms with van der Waals surface area (Å²) in [5, 5.41) is 3.23. The minimum atomic E-state index is -0.00561. The molecule has 0 spiro atoms. The maximum atomic E-state index is 12.5. The molecule has 1 amide bonds. The minimum Gasteiger partial charge on any atom is -0.490 e. The fourth-order valence-corrected chi connectivity index (χ4v) is 3.90. The second-order valence-electron chi connectivity index (χ2n) is 7.87. The van der Waals surface area contributed by atoms with Gasteiger partial charge in [0, 0.05) is 12.1 Å². The number of benzene rings is 1. The maximum Gasteiger partial charge on any atom is 0.244 e. The van der Waals surface area contributed by atoms with Crippen LogP contribution >= 0.6 is 0 Å². The first-order valence-electron chi connectivity index (χ1n) is 11.6. The maximum absolute atomic E-state index is 12.5. The summed E-state index contributed by atoms with van der Waals surface area (Å²) in [7, 11) is 0. The Bertz CT molecular complexity index is 614. The quantitative estimate of drug-likeness (QED) is 0.546. The van der Waals surface area contributed by atoms with Crippen molar-refractivity contribution in [2.24, 2.45) is 0 Å². The van der Waals surface area contributed by atoms with Crippen LogP contribution in [-0.2, 0) is 4.79 Å². The van der Waals surface area contributed by atoms with Crippen LogP contribution in [0.25, 0.3) is 6.08 Å². The van der Waals surface area contributed by atoms with E-state index >= 15 is 0 Å². The number of carbonyl (C=O) groups is 1. The lowest BCUT2D eigenvalue weighted by Gasteiger charge is -2.18. The Hall–Kier alpha value is -1.97. The van der Waals surface area contributed by atoms with E-state index in [2.05, 4.69) is 5.32 Å². The Balaban J connectivity index is 1.91. The van der Waals surface area contributed by atoms with E-state index in [1.807, 2.05) is 38.1 Å². The first-order chi connectivity index (χ1) is 14.2. The molecule has 1 saturated carbocycles. The molecule has 4 heteroatoms. The molecular weight excluding hydrogens is 362 g/mol. The zero-order valence-corrected chi connectivity index (χ0v) is 18.4. The molecule has 1 fully saturated rings. The Kier molecular flexibility index (Phi) is 11.3. The highest BCUT2D eigenvalue weighted by Crippen LogP contribution is 2.29. The van der Waals surface area contributed by atoms with Crippen molar-refractivity contribution in [1.82, 2.24) is 5.32 Å². The van der Waals surface area contributed by atoms with Gasteiger partial charge in [0.05, 0.1) is 13.2 Å². The Morgan fingerprint density at radius 1 is 0.897 bits per heavy atom. The molecule has 0 radical (unpaired) electrons. The van der Waals surface area contributed by atoms with Gasteiger partial charge in [0.25, 0.3) is 0 Å². The molecule has 0 saturated heterocycles. The molecule has 29 heavy (non-hydrogen) atoms. The Morgan fingerprint density at radius 3 is 2.03 bits per heavy atom. The highest BCUT2D eigenvalue weighted by Gasteiger charge is 2.11.